The third-order valence-electron chi connectivity index (χ3n) is 0.816. The molecule has 7 nitrogen and oxygen atoms in total. The summed E-state index contributed by atoms with van der Waals surface area (Å²) in [6, 6.07) is 0. The number of carbonyl (C=O) groups is 2. The summed E-state index contributed by atoms with van der Waals surface area (Å²) in [4.78, 5) is 25.9. The van der Waals surface area contributed by atoms with Gasteiger partial charge in [0.1, 0.15) is 5.69 Å². The molecule has 0 spiro atoms. The predicted molar refractivity (Wildman–Crippen MR) is 35.9 cm³/mol. The van der Waals surface area contributed by atoms with E-state index in [9.17, 15) is 4.79 Å². The minimum Gasteiger partial charge on any atom is -0.652 e. The first kappa shape index (κ1) is 20.3. The van der Waals surface area contributed by atoms with Gasteiger partial charge in [-0.05, 0) is 6.16 Å². The maximum Gasteiger partial charge on any atom is 1.00 e. The second-order valence-corrected chi connectivity index (χ2v) is 1.70. The van der Waals surface area contributed by atoms with Crippen LogP contribution in [-0.2, 0) is 0 Å². The Balaban J connectivity index is -0.000000213. The van der Waals surface area contributed by atoms with E-state index in [1.54, 1.807) is 0 Å². The molecule has 1 amide bonds. The van der Waals surface area contributed by atoms with Crippen LogP contribution in [0.3, 0.4) is 0 Å². The number of rotatable bonds is 1. The second-order valence-electron chi connectivity index (χ2n) is 1.70. The number of aromatic nitrogens is 2. The van der Waals surface area contributed by atoms with Gasteiger partial charge in [-0.25, -0.2) is 4.98 Å². The van der Waals surface area contributed by atoms with Gasteiger partial charge in [-0.2, -0.15) is 0 Å². The third kappa shape index (κ3) is 13.8. The molecule has 0 fully saturated rings. The van der Waals surface area contributed by atoms with Crippen LogP contribution in [0.2, 0.25) is 0 Å². The number of nitrogens with two attached hydrogens (primary N) is 1. The molecule has 2 N–H and O–H groups in total. The van der Waals surface area contributed by atoms with Crippen molar-refractivity contribution >= 4 is 12.1 Å². The molecule has 1 aromatic heterocycles. The van der Waals surface area contributed by atoms with Crippen molar-refractivity contribution in [2.75, 3.05) is 0 Å². The average molecular weight is 229 g/mol. The molecule has 9 heteroatoms. The molecule has 0 aliphatic carbocycles. The minimum absolute atomic E-state index is 0. The van der Waals surface area contributed by atoms with Crippen LogP contribution in [0.5, 0.6) is 0 Å². The Labute approximate surface area is 130 Å². The molecule has 0 aromatic carbocycles. The number of carboxylic acid groups (broad SMARTS) is 2. The Bertz CT molecular complexity index is 292. The van der Waals surface area contributed by atoms with Gasteiger partial charge < -0.3 is 20.7 Å². The number of nitrogens with zero attached hydrogens (tertiary/aromatic N) is 2. The third-order valence-corrected chi connectivity index (χ3v) is 0.816. The maximum absolute atomic E-state index is 10.3. The van der Waals surface area contributed by atoms with Crippen molar-refractivity contribution in [2.45, 2.75) is 0 Å². The zero-order valence-electron chi connectivity index (χ0n) is 8.34. The van der Waals surface area contributed by atoms with Crippen LogP contribution in [0.1, 0.15) is 10.5 Å². The standard InChI is InChI=1S/C5H5N3O.CH2O3.2Na/c6-5(9)4-3-7-1-2-8-4;2-1(3)4;;/h1-3H,(H2,6,9);(H2,2,3,4);;/q;;2*+1/p-2. The van der Waals surface area contributed by atoms with Crippen molar-refractivity contribution in [1.82, 2.24) is 9.97 Å². The normalized spacial score (nSPS) is 6.93. The molecule has 15 heavy (non-hydrogen) atoms. The van der Waals surface area contributed by atoms with E-state index in [0.29, 0.717) is 0 Å². The summed E-state index contributed by atoms with van der Waals surface area (Å²) < 4.78 is 0. The van der Waals surface area contributed by atoms with Gasteiger partial charge in [-0.3, -0.25) is 9.78 Å². The molecular weight excluding hydrogens is 224 g/mol. The number of amides is 1. The van der Waals surface area contributed by atoms with E-state index in [-0.39, 0.29) is 64.8 Å². The van der Waals surface area contributed by atoms with Crippen LogP contribution in [0.15, 0.2) is 18.6 Å². The summed E-state index contributed by atoms with van der Waals surface area (Å²) in [5, 5.41) is 16.7. The molecule has 0 bridgehead atoms. The van der Waals surface area contributed by atoms with Crippen molar-refractivity contribution in [3.8, 4) is 0 Å². The van der Waals surface area contributed by atoms with Gasteiger partial charge in [0.25, 0.3) is 5.91 Å². The number of hydrogen-bond donors (Lipinski definition) is 1. The van der Waals surface area contributed by atoms with Crippen LogP contribution in [0.4, 0.5) is 4.79 Å². The van der Waals surface area contributed by atoms with Gasteiger partial charge in [0, 0.05) is 12.4 Å². The van der Waals surface area contributed by atoms with E-state index in [4.69, 9.17) is 20.7 Å². The Morgan fingerprint density at radius 3 is 1.87 bits per heavy atom. The summed E-state index contributed by atoms with van der Waals surface area (Å²) in [6.07, 6.45) is 1.88. The number of carbonyl (C=O) groups excluding carboxylic acids is 2. The zero-order valence-corrected chi connectivity index (χ0v) is 12.3. The number of hydrogen-bond acceptors (Lipinski definition) is 6. The molecule has 0 unspecified atom stereocenters. The summed E-state index contributed by atoms with van der Waals surface area (Å²) >= 11 is 0. The van der Waals surface area contributed by atoms with Gasteiger partial charge in [0.2, 0.25) is 0 Å². The summed E-state index contributed by atoms with van der Waals surface area (Å²) in [7, 11) is 0. The molecule has 0 saturated carbocycles. The van der Waals surface area contributed by atoms with E-state index in [1.165, 1.54) is 18.6 Å². The first-order chi connectivity index (χ1) is 6.04. The largest absolute Gasteiger partial charge is 1.00 e. The summed E-state index contributed by atoms with van der Waals surface area (Å²) in [5.74, 6) is -0.553. The van der Waals surface area contributed by atoms with Crippen LogP contribution in [0, 0.1) is 0 Å². The first-order valence-corrected chi connectivity index (χ1v) is 2.98. The van der Waals surface area contributed by atoms with E-state index in [0.717, 1.165) is 0 Å². The minimum atomic E-state index is -2.33. The summed E-state index contributed by atoms with van der Waals surface area (Å²) in [5.41, 5.74) is 5.06. The quantitative estimate of drug-likeness (QED) is 0.475. The van der Waals surface area contributed by atoms with Gasteiger partial charge in [-0.15, -0.1) is 0 Å². The van der Waals surface area contributed by atoms with E-state index < -0.39 is 12.1 Å². The van der Waals surface area contributed by atoms with Crippen molar-refractivity contribution < 1.29 is 78.9 Å². The van der Waals surface area contributed by atoms with Crippen LogP contribution < -0.4 is 75.1 Å². The Morgan fingerprint density at radius 2 is 1.67 bits per heavy atom. The van der Waals surface area contributed by atoms with Crippen molar-refractivity contribution in [2.24, 2.45) is 5.73 Å². The molecule has 70 valence electrons. The predicted octanol–water partition coefficient (Wildman–Crippen LogP) is -8.86. The molecule has 0 saturated heterocycles. The molecule has 0 aliphatic rings. The Hall–Kier alpha value is -0.180. The zero-order chi connectivity index (χ0) is 10.3. The van der Waals surface area contributed by atoms with E-state index in [1.807, 2.05) is 0 Å². The van der Waals surface area contributed by atoms with E-state index >= 15 is 0 Å². The molecule has 1 rings (SSSR count). The first-order valence-electron chi connectivity index (χ1n) is 2.98. The molecule has 0 atom stereocenters. The maximum atomic E-state index is 10.3. The fourth-order valence-corrected chi connectivity index (χ4v) is 0.426. The SMILES string of the molecule is NC(=O)c1cnccn1.O=C([O-])[O-].[Na+].[Na+]. The van der Waals surface area contributed by atoms with Gasteiger partial charge in [-0.1, -0.05) is 0 Å². The Morgan fingerprint density at radius 1 is 1.20 bits per heavy atom. The van der Waals surface area contributed by atoms with Crippen molar-refractivity contribution in [3.63, 3.8) is 0 Å². The average Bonchev–Trinajstić information content (AvgIpc) is 2.05. The van der Waals surface area contributed by atoms with Crippen molar-refractivity contribution in [1.29, 1.82) is 0 Å². The van der Waals surface area contributed by atoms with E-state index in [2.05, 4.69) is 9.97 Å². The molecule has 1 heterocycles. The van der Waals surface area contributed by atoms with Crippen LogP contribution in [-0.4, -0.2) is 22.0 Å². The molecular formula is C6H5N3Na2O4. The monoisotopic (exact) mass is 229 g/mol. The van der Waals surface area contributed by atoms with Gasteiger partial charge in [0.15, 0.2) is 0 Å². The van der Waals surface area contributed by atoms with Crippen molar-refractivity contribution in [3.05, 3.63) is 24.3 Å². The molecule has 0 radical (unpaired) electrons. The molecule has 1 aromatic rings. The Kier molecular flexibility index (Phi) is 16.1. The van der Waals surface area contributed by atoms with Crippen LogP contribution >= 0.6 is 0 Å². The van der Waals surface area contributed by atoms with Gasteiger partial charge >= 0.3 is 59.1 Å². The fraction of sp³-hybridized carbons (Fsp3) is 0. The van der Waals surface area contributed by atoms with Crippen LogP contribution in [0.25, 0.3) is 0 Å². The summed E-state index contributed by atoms with van der Waals surface area (Å²) in [6.45, 7) is 0. The second kappa shape index (κ2) is 11.9. The number of primary amides is 1. The fourth-order valence-electron chi connectivity index (χ4n) is 0.426. The van der Waals surface area contributed by atoms with Gasteiger partial charge in [0.05, 0.1) is 6.20 Å². The molecule has 0 aliphatic heterocycles. The smallest absolute Gasteiger partial charge is 0.652 e. The topological polar surface area (TPSA) is 132 Å².